The van der Waals surface area contributed by atoms with Crippen molar-refractivity contribution in [1.29, 1.82) is 0 Å². The lowest BCUT2D eigenvalue weighted by Gasteiger charge is -2.04. The summed E-state index contributed by atoms with van der Waals surface area (Å²) in [5, 5.41) is 4.74. The number of carbonyl (C=O) groups excluding carboxylic acids is 1. The molecule has 0 radical (unpaired) electrons. The second-order valence-electron chi connectivity index (χ2n) is 4.90. The molecule has 3 N–H and O–H groups in total. The molecule has 24 heavy (non-hydrogen) atoms. The number of nitrogens with one attached hydrogen (secondary N) is 1. The molecule has 0 bridgehead atoms. The van der Waals surface area contributed by atoms with Crippen molar-refractivity contribution in [3.8, 4) is 0 Å². The van der Waals surface area contributed by atoms with E-state index in [4.69, 9.17) is 21.8 Å². The van der Waals surface area contributed by atoms with Gasteiger partial charge >= 0.3 is 5.63 Å². The zero-order valence-electron chi connectivity index (χ0n) is 12.3. The molecule has 0 atom stereocenters. The van der Waals surface area contributed by atoms with E-state index in [0.29, 0.717) is 11.0 Å². The Kier molecular flexibility index (Phi) is 4.31. The van der Waals surface area contributed by atoms with E-state index in [1.165, 1.54) is 0 Å². The van der Waals surface area contributed by atoms with Crippen LogP contribution in [0.15, 0.2) is 68.9 Å². The highest BCUT2D eigenvalue weighted by atomic mass is 35.5. The molecule has 7 heteroatoms. The number of nitrogens with two attached hydrogens (primary N) is 1. The predicted molar refractivity (Wildman–Crippen MR) is 92.1 cm³/mol. The SMILES string of the molecule is NC(=NNC(=O)c1ccccc1Cl)c1cc2ccccc2oc1=O. The summed E-state index contributed by atoms with van der Waals surface area (Å²) in [5.41, 5.74) is 8.19. The first-order valence-electron chi connectivity index (χ1n) is 6.97. The third-order valence-electron chi connectivity index (χ3n) is 3.31. The number of fused-ring (bicyclic) bond motifs is 1. The molecule has 120 valence electrons. The normalized spacial score (nSPS) is 11.5. The highest BCUT2D eigenvalue weighted by molar-refractivity contribution is 6.33. The van der Waals surface area contributed by atoms with Gasteiger partial charge in [-0.1, -0.05) is 41.9 Å². The number of rotatable bonds is 3. The molecule has 2 aromatic carbocycles. The van der Waals surface area contributed by atoms with Gasteiger partial charge in [-0.2, -0.15) is 5.10 Å². The Hall–Kier alpha value is -3.12. The van der Waals surface area contributed by atoms with Crippen LogP contribution >= 0.6 is 11.6 Å². The van der Waals surface area contributed by atoms with Crippen LogP contribution in [0.3, 0.4) is 0 Å². The maximum absolute atomic E-state index is 12.0. The lowest BCUT2D eigenvalue weighted by molar-refractivity contribution is 0.0955. The van der Waals surface area contributed by atoms with Gasteiger partial charge in [0.2, 0.25) is 0 Å². The van der Waals surface area contributed by atoms with Crippen LogP contribution in [0.25, 0.3) is 11.0 Å². The molecule has 0 unspecified atom stereocenters. The van der Waals surface area contributed by atoms with Gasteiger partial charge in [0.1, 0.15) is 11.1 Å². The van der Waals surface area contributed by atoms with Crippen LogP contribution in [-0.4, -0.2) is 11.7 Å². The van der Waals surface area contributed by atoms with Gasteiger partial charge < -0.3 is 10.2 Å². The molecule has 0 saturated heterocycles. The number of carbonyl (C=O) groups is 1. The first kappa shape index (κ1) is 15.8. The minimum atomic E-state index is -0.637. The van der Waals surface area contributed by atoms with E-state index in [-0.39, 0.29) is 22.0 Å². The lowest BCUT2D eigenvalue weighted by atomic mass is 10.2. The molecule has 0 fully saturated rings. The van der Waals surface area contributed by atoms with E-state index in [2.05, 4.69) is 10.5 Å². The van der Waals surface area contributed by atoms with Gasteiger partial charge in [-0.05, 0) is 24.3 Å². The molecule has 1 aromatic heterocycles. The Balaban J connectivity index is 1.89. The smallest absolute Gasteiger partial charge is 0.347 e. The molecular weight excluding hydrogens is 330 g/mol. The van der Waals surface area contributed by atoms with Crippen LogP contribution in [0.5, 0.6) is 0 Å². The Labute approximate surface area is 141 Å². The van der Waals surface area contributed by atoms with E-state index in [0.717, 1.165) is 0 Å². The summed E-state index contributed by atoms with van der Waals surface area (Å²) in [4.78, 5) is 24.0. The van der Waals surface area contributed by atoms with Crippen molar-refractivity contribution < 1.29 is 9.21 Å². The fourth-order valence-electron chi connectivity index (χ4n) is 2.12. The van der Waals surface area contributed by atoms with Crippen LogP contribution in [-0.2, 0) is 0 Å². The van der Waals surface area contributed by atoms with Gasteiger partial charge in [0.05, 0.1) is 10.6 Å². The van der Waals surface area contributed by atoms with Crippen molar-refractivity contribution in [1.82, 2.24) is 5.43 Å². The summed E-state index contributed by atoms with van der Waals surface area (Å²) in [5.74, 6) is -0.691. The number of hydrazone groups is 1. The van der Waals surface area contributed by atoms with Gasteiger partial charge in [-0.25, -0.2) is 10.2 Å². The number of hydrogen-bond donors (Lipinski definition) is 2. The number of hydrogen-bond acceptors (Lipinski definition) is 4. The minimum Gasteiger partial charge on any atom is -0.422 e. The second-order valence-corrected chi connectivity index (χ2v) is 5.31. The number of halogens is 1. The molecule has 0 saturated carbocycles. The first-order valence-corrected chi connectivity index (χ1v) is 7.35. The van der Waals surface area contributed by atoms with Crippen molar-refractivity contribution in [3.63, 3.8) is 0 Å². The Morgan fingerprint density at radius 2 is 1.79 bits per heavy atom. The van der Waals surface area contributed by atoms with E-state index >= 15 is 0 Å². The zero-order valence-corrected chi connectivity index (χ0v) is 13.1. The Morgan fingerprint density at radius 1 is 1.08 bits per heavy atom. The molecular formula is C17H12ClN3O3. The molecule has 6 nitrogen and oxygen atoms in total. The molecule has 3 rings (SSSR count). The highest BCUT2D eigenvalue weighted by Crippen LogP contribution is 2.15. The molecule has 3 aromatic rings. The summed E-state index contributed by atoms with van der Waals surface area (Å²) in [6, 6.07) is 15.1. The van der Waals surface area contributed by atoms with Crippen LogP contribution in [0.1, 0.15) is 15.9 Å². The summed E-state index contributed by atoms with van der Waals surface area (Å²) in [6.45, 7) is 0. The minimum absolute atomic E-state index is 0.0631. The average Bonchev–Trinajstić information content (AvgIpc) is 2.59. The van der Waals surface area contributed by atoms with Gasteiger partial charge in [0.25, 0.3) is 5.91 Å². The zero-order chi connectivity index (χ0) is 17.1. The topological polar surface area (TPSA) is 97.7 Å². The Bertz CT molecular complexity index is 1010. The second kappa shape index (κ2) is 6.55. The standard InChI is InChI=1S/C17H12ClN3O3/c18-13-7-3-2-6-11(13)16(22)21-20-15(19)12-9-10-5-1-4-8-14(10)24-17(12)23/h1-9H,(H2,19,20)(H,21,22). The lowest BCUT2D eigenvalue weighted by Crippen LogP contribution is -2.27. The number of nitrogens with zero attached hydrogens (tertiary/aromatic N) is 1. The van der Waals surface area contributed by atoms with E-state index < -0.39 is 11.5 Å². The van der Waals surface area contributed by atoms with Crippen molar-refractivity contribution in [2.24, 2.45) is 10.8 Å². The van der Waals surface area contributed by atoms with Crippen molar-refractivity contribution >= 4 is 34.3 Å². The molecule has 1 heterocycles. The van der Waals surface area contributed by atoms with Crippen molar-refractivity contribution in [2.45, 2.75) is 0 Å². The third-order valence-corrected chi connectivity index (χ3v) is 3.64. The van der Waals surface area contributed by atoms with E-state index in [1.54, 1.807) is 54.6 Å². The molecule has 1 amide bonds. The summed E-state index contributed by atoms with van der Waals surface area (Å²) < 4.78 is 5.17. The molecule has 0 aliphatic carbocycles. The quantitative estimate of drug-likeness (QED) is 0.331. The Morgan fingerprint density at radius 3 is 2.58 bits per heavy atom. The van der Waals surface area contributed by atoms with Crippen LogP contribution in [0, 0.1) is 0 Å². The molecule has 0 spiro atoms. The fourth-order valence-corrected chi connectivity index (χ4v) is 2.34. The van der Waals surface area contributed by atoms with Gasteiger partial charge in [0, 0.05) is 5.39 Å². The van der Waals surface area contributed by atoms with Gasteiger partial charge in [0.15, 0.2) is 5.84 Å². The van der Waals surface area contributed by atoms with Crippen LogP contribution in [0.2, 0.25) is 5.02 Å². The van der Waals surface area contributed by atoms with Crippen LogP contribution < -0.4 is 16.8 Å². The third kappa shape index (κ3) is 3.13. The first-order chi connectivity index (χ1) is 11.6. The highest BCUT2D eigenvalue weighted by Gasteiger charge is 2.11. The number of amides is 1. The largest absolute Gasteiger partial charge is 0.422 e. The predicted octanol–water partition coefficient (Wildman–Crippen LogP) is 2.50. The average molecular weight is 342 g/mol. The van der Waals surface area contributed by atoms with Crippen LogP contribution in [0.4, 0.5) is 0 Å². The molecule has 0 aliphatic rings. The van der Waals surface area contributed by atoms with Crippen molar-refractivity contribution in [3.05, 3.63) is 81.2 Å². The van der Waals surface area contributed by atoms with Gasteiger partial charge in [-0.3, -0.25) is 4.79 Å². The summed E-state index contributed by atoms with van der Waals surface area (Å²) >= 11 is 5.94. The van der Waals surface area contributed by atoms with E-state index in [1.807, 2.05) is 0 Å². The number of para-hydroxylation sites is 1. The van der Waals surface area contributed by atoms with E-state index in [9.17, 15) is 9.59 Å². The number of amidine groups is 1. The van der Waals surface area contributed by atoms with Crippen molar-refractivity contribution in [2.75, 3.05) is 0 Å². The summed E-state index contributed by atoms with van der Waals surface area (Å²) in [6.07, 6.45) is 0. The number of benzene rings is 2. The molecule has 0 aliphatic heterocycles. The fraction of sp³-hybridized carbons (Fsp3) is 0. The maximum Gasteiger partial charge on any atom is 0.347 e. The summed E-state index contributed by atoms with van der Waals surface area (Å²) in [7, 11) is 0. The monoisotopic (exact) mass is 341 g/mol. The maximum atomic E-state index is 12.0. The van der Waals surface area contributed by atoms with Gasteiger partial charge in [-0.15, -0.1) is 0 Å².